The van der Waals surface area contributed by atoms with Gasteiger partial charge < -0.3 is 76.1 Å². The normalized spacial score (nSPS) is 14.6. The molecule has 0 aliphatic heterocycles. The Hall–Kier alpha value is -5.78. The molecule has 0 radical (unpaired) electrons. The number of rotatable bonds is 26. The van der Waals surface area contributed by atoms with Crippen LogP contribution in [0.25, 0.3) is 0 Å². The van der Waals surface area contributed by atoms with E-state index in [2.05, 4.69) is 47.2 Å². The first-order valence-electron chi connectivity index (χ1n) is 18.3. The number of hydrogen-bond acceptors (Lipinski definition) is 12. The molecule has 7 amide bonds. The molecule has 0 heterocycles. The summed E-state index contributed by atoms with van der Waals surface area (Å²) in [5.74, 6) is -8.23. The summed E-state index contributed by atoms with van der Waals surface area (Å²) in [6.07, 6.45) is -0.581. The van der Waals surface area contributed by atoms with Crippen molar-refractivity contribution in [2.24, 2.45) is 50.5 Å². The molecule has 0 unspecified atom stereocenters. The van der Waals surface area contributed by atoms with E-state index in [4.69, 9.17) is 28.7 Å². The topological polar surface area (TPSA) is 416 Å². The molecule has 19 N–H and O–H groups in total. The minimum Gasteiger partial charge on any atom is -0.480 e. The summed E-state index contributed by atoms with van der Waals surface area (Å²) < 4.78 is 0. The van der Waals surface area contributed by atoms with Crippen molar-refractivity contribution < 1.29 is 48.6 Å². The molecule has 324 valence electrons. The Kier molecular flexibility index (Phi) is 23.5. The number of aliphatic hydroxyl groups excluding tert-OH is 1. The van der Waals surface area contributed by atoms with Crippen LogP contribution in [0.4, 0.5) is 0 Å². The first kappa shape index (κ1) is 51.2. The maximum Gasteiger partial charge on any atom is 0.326 e. The monoisotopic (exact) mass is 814 g/mol. The third-order valence-electron chi connectivity index (χ3n) is 8.06. The third-order valence-corrected chi connectivity index (χ3v) is 8.06. The average molecular weight is 815 g/mol. The maximum atomic E-state index is 13.4. The average Bonchev–Trinajstić information content (AvgIpc) is 3.11. The van der Waals surface area contributed by atoms with Crippen LogP contribution in [0, 0.1) is 11.8 Å². The van der Waals surface area contributed by atoms with Crippen molar-refractivity contribution in [3.05, 3.63) is 0 Å². The summed E-state index contributed by atoms with van der Waals surface area (Å²) >= 11 is 0. The zero-order valence-electron chi connectivity index (χ0n) is 33.3. The molecule has 0 bridgehead atoms. The van der Waals surface area contributed by atoms with E-state index in [0.717, 1.165) is 0 Å². The molecule has 0 aromatic heterocycles. The number of nitrogens with two attached hydrogens (primary N) is 5. The van der Waals surface area contributed by atoms with Crippen molar-refractivity contribution in [3.63, 3.8) is 0 Å². The lowest BCUT2D eigenvalue weighted by Crippen LogP contribution is -2.61. The fraction of sp³-hybridized carbons (Fsp3) is 0.697. The van der Waals surface area contributed by atoms with Crippen molar-refractivity contribution in [3.8, 4) is 0 Å². The molecule has 0 spiro atoms. The summed E-state index contributed by atoms with van der Waals surface area (Å²) in [5.41, 5.74) is 26.8. The second-order valence-electron chi connectivity index (χ2n) is 13.9. The van der Waals surface area contributed by atoms with Gasteiger partial charge in [0.25, 0.3) is 0 Å². The van der Waals surface area contributed by atoms with Gasteiger partial charge in [0, 0.05) is 13.1 Å². The lowest BCUT2D eigenvalue weighted by atomic mass is 9.99. The molecule has 0 saturated carbocycles. The van der Waals surface area contributed by atoms with E-state index in [1.807, 2.05) is 0 Å². The van der Waals surface area contributed by atoms with Gasteiger partial charge in [-0.2, -0.15) is 0 Å². The Bertz CT molecular complexity index is 1450. The molecule has 0 fully saturated rings. The van der Waals surface area contributed by atoms with Gasteiger partial charge in [-0.25, -0.2) is 4.79 Å². The van der Waals surface area contributed by atoms with Crippen LogP contribution >= 0.6 is 0 Å². The quantitative estimate of drug-likeness (QED) is 0.0220. The molecule has 0 aromatic carbocycles. The minimum absolute atomic E-state index is 0.0139. The van der Waals surface area contributed by atoms with E-state index in [0.29, 0.717) is 6.42 Å². The molecular weight excluding hydrogens is 752 g/mol. The summed E-state index contributed by atoms with van der Waals surface area (Å²) in [5, 5.41) is 36.5. The highest BCUT2D eigenvalue weighted by molar-refractivity contribution is 5.97. The highest BCUT2D eigenvalue weighted by atomic mass is 16.4. The van der Waals surface area contributed by atoms with Crippen LogP contribution in [0.3, 0.4) is 0 Å². The first-order valence-corrected chi connectivity index (χ1v) is 18.3. The van der Waals surface area contributed by atoms with Gasteiger partial charge in [0.2, 0.25) is 41.4 Å². The van der Waals surface area contributed by atoms with Gasteiger partial charge in [-0.05, 0) is 51.4 Å². The summed E-state index contributed by atoms with van der Waals surface area (Å²) in [6, 6.07) is -7.46. The number of guanidine groups is 2. The number of amides is 7. The van der Waals surface area contributed by atoms with Crippen LogP contribution < -0.4 is 65.9 Å². The number of carboxylic acid groups (broad SMARTS) is 1. The predicted molar refractivity (Wildman–Crippen MR) is 208 cm³/mol. The van der Waals surface area contributed by atoms with Crippen molar-refractivity contribution in [2.75, 3.05) is 26.2 Å². The van der Waals surface area contributed by atoms with Crippen LogP contribution in [0.15, 0.2) is 9.98 Å². The van der Waals surface area contributed by atoms with Gasteiger partial charge in [0.1, 0.15) is 30.2 Å². The van der Waals surface area contributed by atoms with E-state index in [-0.39, 0.29) is 44.3 Å². The predicted octanol–water partition coefficient (Wildman–Crippen LogP) is -6.13. The third kappa shape index (κ3) is 21.2. The molecule has 24 heteroatoms. The highest BCUT2D eigenvalue weighted by Gasteiger charge is 2.34. The fourth-order valence-corrected chi connectivity index (χ4v) is 4.83. The second kappa shape index (κ2) is 26.1. The number of carboxylic acids is 1. The van der Waals surface area contributed by atoms with E-state index in [1.165, 1.54) is 13.8 Å². The van der Waals surface area contributed by atoms with Gasteiger partial charge in [0.05, 0.1) is 25.2 Å². The number of carbonyl (C=O) groups excluding carboxylic acids is 7. The maximum absolute atomic E-state index is 13.4. The van der Waals surface area contributed by atoms with Crippen LogP contribution in [0.1, 0.15) is 67.2 Å². The number of hydrogen-bond donors (Lipinski definition) is 14. The molecule has 24 nitrogen and oxygen atoms in total. The molecule has 7 atom stereocenters. The van der Waals surface area contributed by atoms with Crippen molar-refractivity contribution in [1.82, 2.24) is 37.2 Å². The van der Waals surface area contributed by atoms with Crippen molar-refractivity contribution in [2.45, 2.75) is 110 Å². The van der Waals surface area contributed by atoms with Gasteiger partial charge >= 0.3 is 5.97 Å². The summed E-state index contributed by atoms with van der Waals surface area (Å²) in [6.45, 7) is 8.24. The standard InChI is InChI=1S/C33H62N14O10/c1-15(2)23(45-26(51)17(5)43-21(49)13-41-27(52)19(34)9-7-11-39-32(35)36)29(54)46-24(16(3)4)30(55)47-25(18(6)48)28(53)42-14-22(50)44-20(31(56)57)10-8-12-40-33(37)38/h15-20,23-25,48H,7-14,34H2,1-6H3,(H,41,52)(H,42,53)(H,43,49)(H,44,50)(H,45,51)(H,46,54)(H,47,55)(H,56,57)(H4,35,36,39)(H4,37,38,40)/t17-,18+,19-,20-,23-,24-,25-/m0/s1. The van der Waals surface area contributed by atoms with Gasteiger partial charge in [-0.3, -0.25) is 43.5 Å². The smallest absolute Gasteiger partial charge is 0.326 e. The Morgan fingerprint density at radius 1 is 0.561 bits per heavy atom. The molecule has 0 aromatic rings. The molecule has 57 heavy (non-hydrogen) atoms. The van der Waals surface area contributed by atoms with Gasteiger partial charge in [-0.15, -0.1) is 0 Å². The number of aliphatic hydroxyl groups is 1. The summed E-state index contributed by atoms with van der Waals surface area (Å²) in [7, 11) is 0. The fourth-order valence-electron chi connectivity index (χ4n) is 4.83. The first-order chi connectivity index (χ1) is 26.5. The Morgan fingerprint density at radius 3 is 1.42 bits per heavy atom. The summed E-state index contributed by atoms with van der Waals surface area (Å²) in [4.78, 5) is 109. The lowest BCUT2D eigenvalue weighted by molar-refractivity contribution is -0.142. The Balaban J connectivity index is 5.35. The zero-order valence-corrected chi connectivity index (χ0v) is 33.3. The number of aliphatic imine (C=N–C) groups is 2. The SMILES string of the molecule is CC(C)[C@H](NC(=O)[C@H](C)NC(=O)CNC(=O)[C@@H](N)CCCN=C(N)N)C(=O)N[C@H](C(=O)N[C@H](C(=O)NCC(=O)N[C@@H](CCCN=C(N)N)C(=O)O)[C@@H](C)O)C(C)C. The number of aliphatic carboxylic acids is 1. The van der Waals surface area contributed by atoms with Crippen molar-refractivity contribution in [1.29, 1.82) is 0 Å². The van der Waals surface area contributed by atoms with E-state index >= 15 is 0 Å². The van der Waals surface area contributed by atoms with E-state index < -0.39 is 115 Å². The minimum atomic E-state index is -1.60. The van der Waals surface area contributed by atoms with E-state index in [9.17, 15) is 48.6 Å². The second-order valence-corrected chi connectivity index (χ2v) is 13.9. The molecule has 0 aliphatic rings. The van der Waals surface area contributed by atoms with Crippen LogP contribution in [0.5, 0.6) is 0 Å². The Labute approximate surface area is 331 Å². The van der Waals surface area contributed by atoms with Gasteiger partial charge in [0.15, 0.2) is 11.9 Å². The zero-order chi connectivity index (χ0) is 44.0. The molecule has 0 saturated heterocycles. The Morgan fingerprint density at radius 2 is 0.982 bits per heavy atom. The van der Waals surface area contributed by atoms with Crippen molar-refractivity contribution >= 4 is 59.2 Å². The number of nitrogens with zero attached hydrogens (tertiary/aromatic N) is 2. The van der Waals surface area contributed by atoms with E-state index in [1.54, 1.807) is 27.7 Å². The molecular formula is C33H62N14O10. The lowest BCUT2D eigenvalue weighted by Gasteiger charge is -2.29. The number of nitrogens with one attached hydrogen (secondary N) is 7. The van der Waals surface area contributed by atoms with Crippen LogP contribution in [-0.4, -0.2) is 138 Å². The molecule has 0 aliphatic carbocycles. The van der Waals surface area contributed by atoms with Gasteiger partial charge in [-0.1, -0.05) is 27.7 Å². The largest absolute Gasteiger partial charge is 0.480 e. The van der Waals surface area contributed by atoms with Crippen LogP contribution in [-0.2, 0) is 38.4 Å². The highest BCUT2D eigenvalue weighted by Crippen LogP contribution is 2.08. The van der Waals surface area contributed by atoms with Crippen LogP contribution in [0.2, 0.25) is 0 Å². The molecule has 0 rings (SSSR count). The number of carbonyl (C=O) groups is 8.